The van der Waals surface area contributed by atoms with E-state index in [0.717, 1.165) is 12.3 Å². The van der Waals surface area contributed by atoms with E-state index < -0.39 is 0 Å². The molecule has 3 aliphatic rings. The van der Waals surface area contributed by atoms with Crippen molar-refractivity contribution < 1.29 is 5.11 Å². The van der Waals surface area contributed by atoms with Crippen LogP contribution in [0.5, 0.6) is 5.75 Å². The highest BCUT2D eigenvalue weighted by Crippen LogP contribution is 2.61. The van der Waals surface area contributed by atoms with Crippen LogP contribution in [0.1, 0.15) is 56.6 Å². The average Bonchev–Trinajstić information content (AvgIpc) is 2.83. The molecule has 0 radical (unpaired) electrons. The molecule has 0 spiro atoms. The summed E-state index contributed by atoms with van der Waals surface area (Å²) < 4.78 is 0. The van der Waals surface area contributed by atoms with E-state index in [1.807, 2.05) is 12.1 Å². The Labute approximate surface area is 127 Å². The molecule has 1 N–H and O–H groups in total. The fourth-order valence-electron chi connectivity index (χ4n) is 5.28. The van der Waals surface area contributed by atoms with Gasteiger partial charge in [-0.2, -0.15) is 0 Å². The second-order valence-electron chi connectivity index (χ2n) is 7.21. The number of hydrogen-bond donors (Lipinski definition) is 1. The molecule has 1 nitrogen and oxygen atoms in total. The Morgan fingerprint density at radius 2 is 2.14 bits per heavy atom. The highest BCUT2D eigenvalue weighted by molar-refractivity contribution is 5.48. The number of benzene rings is 1. The summed E-state index contributed by atoms with van der Waals surface area (Å²) in [6, 6.07) is 5.99. The maximum absolute atomic E-state index is 9.71. The van der Waals surface area contributed by atoms with Crippen molar-refractivity contribution in [1.82, 2.24) is 0 Å². The van der Waals surface area contributed by atoms with Gasteiger partial charge in [0.1, 0.15) is 5.75 Å². The molecule has 3 aliphatic carbocycles. The van der Waals surface area contributed by atoms with Crippen LogP contribution < -0.4 is 0 Å². The van der Waals surface area contributed by atoms with Gasteiger partial charge in [-0.15, -0.1) is 0 Å². The SMILES string of the molecule is C/C=C1\CC[C@H]2C3=CCc4cc(O)ccc4[C@H]3CC[C@]12C. The second kappa shape index (κ2) is 4.50. The number of rotatable bonds is 0. The molecule has 4 rings (SSSR count). The molecule has 1 aromatic carbocycles. The van der Waals surface area contributed by atoms with E-state index >= 15 is 0 Å². The van der Waals surface area contributed by atoms with Crippen LogP contribution in [0.25, 0.3) is 0 Å². The van der Waals surface area contributed by atoms with Crippen LogP contribution in [0.15, 0.2) is 41.5 Å². The number of phenols is 1. The molecule has 1 heteroatoms. The van der Waals surface area contributed by atoms with E-state index in [2.05, 4.69) is 32.1 Å². The number of phenolic OH excluding ortho intramolecular Hbond substituents is 1. The summed E-state index contributed by atoms with van der Waals surface area (Å²) in [5.41, 5.74) is 6.59. The molecule has 110 valence electrons. The molecule has 21 heavy (non-hydrogen) atoms. The zero-order chi connectivity index (χ0) is 14.6. The zero-order valence-electron chi connectivity index (χ0n) is 13.0. The van der Waals surface area contributed by atoms with Gasteiger partial charge in [0.25, 0.3) is 0 Å². The number of aromatic hydroxyl groups is 1. The Morgan fingerprint density at radius 1 is 1.29 bits per heavy atom. The first-order chi connectivity index (χ1) is 10.1. The van der Waals surface area contributed by atoms with E-state index in [0.29, 0.717) is 17.1 Å². The van der Waals surface area contributed by atoms with Gasteiger partial charge in [-0.1, -0.05) is 36.3 Å². The van der Waals surface area contributed by atoms with Crippen LogP contribution in [0, 0.1) is 11.3 Å². The minimum Gasteiger partial charge on any atom is -0.508 e. The maximum atomic E-state index is 9.71. The monoisotopic (exact) mass is 280 g/mol. The Morgan fingerprint density at radius 3 is 2.95 bits per heavy atom. The first kappa shape index (κ1) is 13.2. The number of fused-ring (bicyclic) bond motifs is 5. The molecule has 0 amide bonds. The lowest BCUT2D eigenvalue weighted by Crippen LogP contribution is -2.34. The normalized spacial score (nSPS) is 35.9. The molecular weight excluding hydrogens is 256 g/mol. The lowest BCUT2D eigenvalue weighted by molar-refractivity contribution is 0.229. The summed E-state index contributed by atoms with van der Waals surface area (Å²) in [4.78, 5) is 0. The fraction of sp³-hybridized carbons (Fsp3) is 0.500. The van der Waals surface area contributed by atoms with Gasteiger partial charge in [-0.25, -0.2) is 0 Å². The van der Waals surface area contributed by atoms with Gasteiger partial charge in [0.15, 0.2) is 0 Å². The molecular formula is C20H24O. The summed E-state index contributed by atoms with van der Waals surface area (Å²) in [5.74, 6) is 1.75. The predicted octanol–water partition coefficient (Wildman–Crippen LogP) is 5.11. The van der Waals surface area contributed by atoms with Crippen LogP contribution >= 0.6 is 0 Å². The minimum atomic E-state index is 0.406. The molecule has 0 aliphatic heterocycles. The summed E-state index contributed by atoms with van der Waals surface area (Å²) >= 11 is 0. The summed E-state index contributed by atoms with van der Waals surface area (Å²) in [6.45, 7) is 4.70. The van der Waals surface area contributed by atoms with Crippen molar-refractivity contribution >= 4 is 0 Å². The number of allylic oxidation sites excluding steroid dienone is 4. The summed E-state index contributed by atoms with van der Waals surface area (Å²) in [6.07, 6.45) is 11.0. The average molecular weight is 280 g/mol. The quantitative estimate of drug-likeness (QED) is 0.654. The van der Waals surface area contributed by atoms with Crippen LogP contribution in [0.2, 0.25) is 0 Å². The summed E-state index contributed by atoms with van der Waals surface area (Å²) in [5, 5.41) is 9.71. The van der Waals surface area contributed by atoms with Gasteiger partial charge in [0, 0.05) is 5.92 Å². The Hall–Kier alpha value is -1.50. The fourth-order valence-corrected chi connectivity index (χ4v) is 5.28. The third-order valence-electron chi connectivity index (χ3n) is 6.37. The molecule has 0 unspecified atom stereocenters. The van der Waals surface area contributed by atoms with E-state index in [9.17, 15) is 5.11 Å². The van der Waals surface area contributed by atoms with Crippen molar-refractivity contribution in [3.8, 4) is 5.75 Å². The first-order valence-corrected chi connectivity index (χ1v) is 8.31. The maximum Gasteiger partial charge on any atom is 0.115 e. The largest absolute Gasteiger partial charge is 0.508 e. The van der Waals surface area contributed by atoms with Crippen LogP contribution in [-0.2, 0) is 6.42 Å². The van der Waals surface area contributed by atoms with Crippen molar-refractivity contribution in [1.29, 1.82) is 0 Å². The smallest absolute Gasteiger partial charge is 0.115 e. The van der Waals surface area contributed by atoms with Crippen molar-refractivity contribution in [3.05, 3.63) is 52.6 Å². The lowest BCUT2D eigenvalue weighted by atomic mass is 9.59. The molecule has 2 saturated carbocycles. The van der Waals surface area contributed by atoms with Gasteiger partial charge in [0.05, 0.1) is 0 Å². The predicted molar refractivity (Wildman–Crippen MR) is 86.5 cm³/mol. The van der Waals surface area contributed by atoms with Crippen molar-refractivity contribution in [2.75, 3.05) is 0 Å². The van der Waals surface area contributed by atoms with E-state index in [1.165, 1.54) is 36.8 Å². The van der Waals surface area contributed by atoms with Crippen LogP contribution in [-0.4, -0.2) is 5.11 Å². The van der Waals surface area contributed by atoms with Crippen molar-refractivity contribution in [2.24, 2.45) is 11.3 Å². The molecule has 3 atom stereocenters. The summed E-state index contributed by atoms with van der Waals surface area (Å²) in [7, 11) is 0. The molecule has 2 fully saturated rings. The standard InChI is InChI=1S/C20H24O/c1-3-14-5-9-19-18-7-4-13-12-15(21)6-8-16(13)17(18)10-11-20(14,19)2/h3,6-8,12,17,19,21H,4-5,9-11H2,1-2H3/b14-3+/t17-,19+,20-/m1/s1. The molecule has 0 aromatic heterocycles. The zero-order valence-corrected chi connectivity index (χ0v) is 13.0. The Bertz CT molecular complexity index is 652. The minimum absolute atomic E-state index is 0.406. The Kier molecular flexibility index (Phi) is 2.82. The topological polar surface area (TPSA) is 20.2 Å². The van der Waals surface area contributed by atoms with Gasteiger partial charge in [0.2, 0.25) is 0 Å². The highest BCUT2D eigenvalue weighted by Gasteiger charge is 2.49. The van der Waals surface area contributed by atoms with Gasteiger partial charge in [-0.05, 0) is 73.6 Å². The van der Waals surface area contributed by atoms with E-state index in [-0.39, 0.29) is 0 Å². The van der Waals surface area contributed by atoms with E-state index in [4.69, 9.17) is 0 Å². The van der Waals surface area contributed by atoms with Gasteiger partial charge in [-0.3, -0.25) is 0 Å². The van der Waals surface area contributed by atoms with Gasteiger partial charge < -0.3 is 5.11 Å². The third-order valence-corrected chi connectivity index (χ3v) is 6.37. The highest BCUT2D eigenvalue weighted by atomic mass is 16.3. The van der Waals surface area contributed by atoms with E-state index in [1.54, 1.807) is 11.1 Å². The second-order valence-corrected chi connectivity index (χ2v) is 7.21. The van der Waals surface area contributed by atoms with Crippen LogP contribution in [0.4, 0.5) is 0 Å². The number of hydrogen-bond acceptors (Lipinski definition) is 1. The Balaban J connectivity index is 1.76. The van der Waals surface area contributed by atoms with Crippen LogP contribution in [0.3, 0.4) is 0 Å². The first-order valence-electron chi connectivity index (χ1n) is 8.31. The molecule has 0 saturated heterocycles. The molecule has 1 aromatic rings. The molecule has 0 heterocycles. The lowest BCUT2D eigenvalue weighted by Gasteiger charge is -2.45. The third kappa shape index (κ3) is 1.76. The van der Waals surface area contributed by atoms with Crippen molar-refractivity contribution in [3.63, 3.8) is 0 Å². The van der Waals surface area contributed by atoms with Crippen molar-refractivity contribution in [2.45, 2.75) is 51.9 Å². The molecule has 0 bridgehead atoms. The van der Waals surface area contributed by atoms with Gasteiger partial charge >= 0.3 is 0 Å².